The molecule has 0 aliphatic rings. The van der Waals surface area contributed by atoms with Gasteiger partial charge in [-0.25, -0.2) is 0 Å². The molecule has 0 saturated carbocycles. The molecule has 1 rings (SSSR count). The van der Waals surface area contributed by atoms with Crippen molar-refractivity contribution in [3.05, 3.63) is 35.4 Å². The van der Waals surface area contributed by atoms with E-state index in [2.05, 4.69) is 13.0 Å². The lowest BCUT2D eigenvalue weighted by molar-refractivity contribution is -0.00221. The highest BCUT2D eigenvalue weighted by Crippen LogP contribution is 2.32. The molecule has 0 spiro atoms. The molecule has 1 aromatic carbocycles. The van der Waals surface area contributed by atoms with Crippen LogP contribution < -0.4 is 0 Å². The first-order valence-corrected chi connectivity index (χ1v) is 5.75. The van der Waals surface area contributed by atoms with Gasteiger partial charge in [0.25, 0.3) is 0 Å². The molecule has 0 aliphatic heterocycles. The average molecular weight is 217 g/mol. The van der Waals surface area contributed by atoms with E-state index in [0.717, 1.165) is 18.4 Å². The Balaban J connectivity index is 3.02. The fraction of sp³-hybridized carbons (Fsp3) is 0.500. The molecule has 2 heteroatoms. The predicted molar refractivity (Wildman–Crippen MR) is 64.8 cm³/mol. The van der Waals surface area contributed by atoms with Crippen molar-refractivity contribution >= 4 is 0 Å². The van der Waals surface area contributed by atoms with Crippen LogP contribution in [0.15, 0.2) is 24.3 Å². The first kappa shape index (κ1) is 12.7. The molecule has 2 nitrogen and oxygen atoms in total. The van der Waals surface area contributed by atoms with Crippen LogP contribution in [0.1, 0.15) is 44.7 Å². The molecule has 86 valence electrons. The molecule has 1 N–H and O–H groups in total. The summed E-state index contributed by atoms with van der Waals surface area (Å²) in [5.74, 6) is 0.187. The standard InChI is InChI=1S/C14H19NO/c1-4-6-11(2)14(3,16)13-8-5-7-12(9-13)10-15/h5,7-9,11,16H,4,6H2,1-3H3. The Morgan fingerprint density at radius 3 is 2.75 bits per heavy atom. The minimum Gasteiger partial charge on any atom is -0.385 e. The van der Waals surface area contributed by atoms with Gasteiger partial charge in [0.15, 0.2) is 0 Å². The van der Waals surface area contributed by atoms with Crippen molar-refractivity contribution < 1.29 is 5.11 Å². The van der Waals surface area contributed by atoms with Gasteiger partial charge in [0.05, 0.1) is 17.2 Å². The first-order chi connectivity index (χ1) is 7.52. The summed E-state index contributed by atoms with van der Waals surface area (Å²) in [5, 5.41) is 19.3. The lowest BCUT2D eigenvalue weighted by atomic mass is 9.81. The molecule has 0 radical (unpaired) electrons. The Morgan fingerprint density at radius 2 is 2.19 bits per heavy atom. The molecule has 0 amide bonds. The number of nitriles is 1. The fourth-order valence-corrected chi connectivity index (χ4v) is 1.90. The zero-order valence-electron chi connectivity index (χ0n) is 10.2. The highest BCUT2D eigenvalue weighted by molar-refractivity contribution is 5.35. The normalized spacial score (nSPS) is 16.2. The van der Waals surface area contributed by atoms with Crippen LogP contribution >= 0.6 is 0 Å². The lowest BCUT2D eigenvalue weighted by Gasteiger charge is -2.30. The van der Waals surface area contributed by atoms with Gasteiger partial charge in [0, 0.05) is 0 Å². The van der Waals surface area contributed by atoms with E-state index in [1.54, 1.807) is 12.1 Å². The number of hydrogen-bond acceptors (Lipinski definition) is 2. The van der Waals surface area contributed by atoms with Crippen LogP contribution in [0, 0.1) is 17.2 Å². The van der Waals surface area contributed by atoms with E-state index >= 15 is 0 Å². The van der Waals surface area contributed by atoms with Crippen LogP contribution in [0.5, 0.6) is 0 Å². The Labute approximate surface area is 97.5 Å². The number of aliphatic hydroxyl groups is 1. The lowest BCUT2D eigenvalue weighted by Crippen LogP contribution is -2.29. The predicted octanol–water partition coefficient (Wildman–Crippen LogP) is 3.20. The molecule has 16 heavy (non-hydrogen) atoms. The first-order valence-electron chi connectivity index (χ1n) is 5.75. The second-order valence-electron chi connectivity index (χ2n) is 4.53. The molecule has 0 saturated heterocycles. The van der Waals surface area contributed by atoms with Gasteiger partial charge >= 0.3 is 0 Å². The number of nitrogens with zero attached hydrogens (tertiary/aromatic N) is 1. The summed E-state index contributed by atoms with van der Waals surface area (Å²) in [4.78, 5) is 0. The third kappa shape index (κ3) is 2.62. The molecule has 0 bridgehead atoms. The number of rotatable bonds is 4. The van der Waals surface area contributed by atoms with Crippen molar-refractivity contribution in [1.29, 1.82) is 5.26 Å². The Hall–Kier alpha value is -1.33. The van der Waals surface area contributed by atoms with Gasteiger partial charge in [-0.15, -0.1) is 0 Å². The van der Waals surface area contributed by atoms with E-state index in [4.69, 9.17) is 5.26 Å². The summed E-state index contributed by atoms with van der Waals surface area (Å²) in [5.41, 5.74) is 0.567. The van der Waals surface area contributed by atoms with Crippen molar-refractivity contribution in [2.45, 2.75) is 39.2 Å². The average Bonchev–Trinajstić information content (AvgIpc) is 2.29. The summed E-state index contributed by atoms with van der Waals surface area (Å²) in [6.07, 6.45) is 2.03. The monoisotopic (exact) mass is 217 g/mol. The molecule has 2 atom stereocenters. The SMILES string of the molecule is CCCC(C)C(C)(O)c1cccc(C#N)c1. The summed E-state index contributed by atoms with van der Waals surface area (Å²) >= 11 is 0. The number of benzene rings is 1. The second kappa shape index (κ2) is 5.14. The van der Waals surface area contributed by atoms with Crippen molar-refractivity contribution in [1.82, 2.24) is 0 Å². The Bertz CT molecular complexity index is 390. The van der Waals surface area contributed by atoms with Gasteiger partial charge in [-0.1, -0.05) is 32.4 Å². The zero-order valence-corrected chi connectivity index (χ0v) is 10.2. The number of hydrogen-bond donors (Lipinski definition) is 1. The highest BCUT2D eigenvalue weighted by atomic mass is 16.3. The van der Waals surface area contributed by atoms with E-state index in [1.807, 2.05) is 26.0 Å². The summed E-state index contributed by atoms with van der Waals surface area (Å²) in [7, 11) is 0. The molecular formula is C14H19NO. The maximum Gasteiger partial charge on any atom is 0.0991 e. The van der Waals surface area contributed by atoms with E-state index in [1.165, 1.54) is 0 Å². The van der Waals surface area contributed by atoms with Crippen LogP contribution in [-0.2, 0) is 5.60 Å². The van der Waals surface area contributed by atoms with Crippen LogP contribution in [0.4, 0.5) is 0 Å². The van der Waals surface area contributed by atoms with E-state index in [9.17, 15) is 5.11 Å². The fourth-order valence-electron chi connectivity index (χ4n) is 1.90. The smallest absolute Gasteiger partial charge is 0.0991 e. The zero-order chi connectivity index (χ0) is 12.2. The molecule has 0 fully saturated rings. The minimum absolute atomic E-state index is 0.187. The van der Waals surface area contributed by atoms with E-state index < -0.39 is 5.60 Å². The van der Waals surface area contributed by atoms with Gasteiger partial charge in [-0.3, -0.25) is 0 Å². The third-order valence-corrected chi connectivity index (χ3v) is 3.26. The topological polar surface area (TPSA) is 44.0 Å². The van der Waals surface area contributed by atoms with Crippen LogP contribution in [0.2, 0.25) is 0 Å². The van der Waals surface area contributed by atoms with Crippen LogP contribution in [-0.4, -0.2) is 5.11 Å². The molecule has 0 aliphatic carbocycles. The summed E-state index contributed by atoms with van der Waals surface area (Å²) in [6.45, 7) is 5.98. The van der Waals surface area contributed by atoms with Gasteiger partial charge < -0.3 is 5.11 Å². The van der Waals surface area contributed by atoms with Gasteiger partial charge in [0.2, 0.25) is 0 Å². The quantitative estimate of drug-likeness (QED) is 0.841. The van der Waals surface area contributed by atoms with Crippen molar-refractivity contribution in [2.75, 3.05) is 0 Å². The van der Waals surface area contributed by atoms with E-state index in [0.29, 0.717) is 5.56 Å². The summed E-state index contributed by atoms with van der Waals surface area (Å²) < 4.78 is 0. The molecule has 1 aromatic rings. The Kier molecular flexibility index (Phi) is 4.09. The van der Waals surface area contributed by atoms with Gasteiger partial charge in [0.1, 0.15) is 0 Å². The molecular weight excluding hydrogens is 198 g/mol. The van der Waals surface area contributed by atoms with Crippen LogP contribution in [0.3, 0.4) is 0 Å². The minimum atomic E-state index is -0.858. The van der Waals surface area contributed by atoms with Crippen molar-refractivity contribution in [3.63, 3.8) is 0 Å². The molecule has 0 aromatic heterocycles. The highest BCUT2D eigenvalue weighted by Gasteiger charge is 2.29. The van der Waals surface area contributed by atoms with Crippen molar-refractivity contribution in [2.24, 2.45) is 5.92 Å². The molecule has 0 heterocycles. The Morgan fingerprint density at radius 1 is 1.50 bits per heavy atom. The van der Waals surface area contributed by atoms with Crippen LogP contribution in [0.25, 0.3) is 0 Å². The van der Waals surface area contributed by atoms with Gasteiger partial charge in [-0.05, 0) is 37.0 Å². The van der Waals surface area contributed by atoms with Crippen molar-refractivity contribution in [3.8, 4) is 6.07 Å². The molecule has 2 unspecified atom stereocenters. The maximum atomic E-state index is 10.5. The summed E-state index contributed by atoms with van der Waals surface area (Å²) in [6, 6.07) is 9.33. The largest absolute Gasteiger partial charge is 0.385 e. The second-order valence-corrected chi connectivity index (χ2v) is 4.53. The van der Waals surface area contributed by atoms with E-state index in [-0.39, 0.29) is 5.92 Å². The third-order valence-electron chi connectivity index (χ3n) is 3.26. The van der Waals surface area contributed by atoms with Gasteiger partial charge in [-0.2, -0.15) is 5.26 Å². The maximum absolute atomic E-state index is 10.5.